The van der Waals surface area contributed by atoms with E-state index in [9.17, 15) is 4.79 Å². The molecule has 0 spiro atoms. The average Bonchev–Trinajstić information content (AvgIpc) is 3.48. The molecule has 0 radical (unpaired) electrons. The molecule has 4 heterocycles. The number of nitrogens with zero attached hydrogens (tertiary/aromatic N) is 8. The normalized spacial score (nSPS) is 15.1. The zero-order valence-electron chi connectivity index (χ0n) is 24.3. The summed E-state index contributed by atoms with van der Waals surface area (Å²) in [6.45, 7) is 10.5. The molecule has 1 aliphatic heterocycles. The van der Waals surface area contributed by atoms with Gasteiger partial charge in [-0.05, 0) is 32.9 Å². The maximum Gasteiger partial charge on any atom is 0.410 e. The van der Waals surface area contributed by atoms with Gasteiger partial charge in [0.25, 0.3) is 0 Å². The number of aryl methyl sites for hydroxylation is 2. The van der Waals surface area contributed by atoms with Crippen molar-refractivity contribution in [2.45, 2.75) is 45.8 Å². The number of aromatic nitrogens is 6. The zero-order chi connectivity index (χ0) is 28.6. The van der Waals surface area contributed by atoms with Gasteiger partial charge in [0, 0.05) is 40.7 Å². The second kappa shape index (κ2) is 11.0. The number of morpholine rings is 1. The number of methoxy groups -OCH3 is 1. The first kappa shape index (κ1) is 27.8. The minimum atomic E-state index is -0.598. The number of anilines is 1. The lowest BCUT2D eigenvalue weighted by molar-refractivity contribution is 0.0123. The van der Waals surface area contributed by atoms with Gasteiger partial charge < -0.3 is 28.6 Å². The van der Waals surface area contributed by atoms with Gasteiger partial charge in [0.05, 0.1) is 30.8 Å². The largest absolute Gasteiger partial charge is 0.444 e. The van der Waals surface area contributed by atoms with Crippen LogP contribution in [0.2, 0.25) is 0 Å². The van der Waals surface area contributed by atoms with E-state index >= 15 is 0 Å². The molecule has 5 rings (SSSR count). The van der Waals surface area contributed by atoms with Crippen molar-refractivity contribution in [3.63, 3.8) is 0 Å². The van der Waals surface area contributed by atoms with E-state index in [0.29, 0.717) is 49.2 Å². The zero-order valence-corrected chi connectivity index (χ0v) is 24.3. The summed E-state index contributed by atoms with van der Waals surface area (Å²) in [7, 11) is 5.21. The summed E-state index contributed by atoms with van der Waals surface area (Å²) < 4.78 is 21.0. The summed E-state index contributed by atoms with van der Waals surface area (Å²) in [5.41, 5.74) is 2.59. The molecule has 12 nitrogen and oxygen atoms in total. The topological polar surface area (TPSA) is 113 Å². The second-order valence-electron chi connectivity index (χ2n) is 10.9. The molecular formula is C28H38N8O4. The Morgan fingerprint density at radius 3 is 2.52 bits per heavy atom. The number of para-hydroxylation sites is 2. The number of fused-ring (bicyclic) bond motifs is 2. The third-order valence-electron chi connectivity index (χ3n) is 6.90. The highest BCUT2D eigenvalue weighted by Crippen LogP contribution is 2.30. The number of ether oxygens (including phenoxy) is 3. The molecule has 3 aromatic heterocycles. The SMILES string of the molecule is CCc1nc2ccccc2n1-c1nc(N2CCOCC2)c2nc(C(CN(C)C(=O)OC(C)(C)C)OC)n(C)c2n1. The molecule has 1 aromatic carbocycles. The van der Waals surface area contributed by atoms with Crippen LogP contribution in [-0.2, 0) is 27.7 Å². The number of benzene rings is 1. The molecule has 1 aliphatic rings. The predicted molar refractivity (Wildman–Crippen MR) is 152 cm³/mol. The van der Waals surface area contributed by atoms with Crippen molar-refractivity contribution in [1.29, 1.82) is 0 Å². The first-order valence-corrected chi connectivity index (χ1v) is 13.6. The Morgan fingerprint density at radius 2 is 1.85 bits per heavy atom. The van der Waals surface area contributed by atoms with Crippen LogP contribution in [0.3, 0.4) is 0 Å². The van der Waals surface area contributed by atoms with Crippen LogP contribution in [0.15, 0.2) is 24.3 Å². The molecule has 1 unspecified atom stereocenters. The van der Waals surface area contributed by atoms with E-state index in [1.807, 2.05) is 61.2 Å². The van der Waals surface area contributed by atoms with Crippen LogP contribution in [0.25, 0.3) is 28.1 Å². The lowest BCUT2D eigenvalue weighted by Gasteiger charge is -2.28. The fourth-order valence-corrected chi connectivity index (χ4v) is 4.90. The first-order valence-electron chi connectivity index (χ1n) is 13.6. The summed E-state index contributed by atoms with van der Waals surface area (Å²) >= 11 is 0. The van der Waals surface area contributed by atoms with E-state index in [1.165, 1.54) is 4.90 Å². The fourth-order valence-electron chi connectivity index (χ4n) is 4.90. The van der Waals surface area contributed by atoms with E-state index < -0.39 is 17.8 Å². The van der Waals surface area contributed by atoms with Crippen LogP contribution in [0.4, 0.5) is 10.6 Å². The molecule has 214 valence electrons. The summed E-state index contributed by atoms with van der Waals surface area (Å²) in [6, 6.07) is 8.01. The first-order chi connectivity index (χ1) is 19.1. The van der Waals surface area contributed by atoms with Crippen LogP contribution in [0.5, 0.6) is 0 Å². The van der Waals surface area contributed by atoms with E-state index in [4.69, 9.17) is 34.1 Å². The van der Waals surface area contributed by atoms with E-state index in [-0.39, 0.29) is 6.54 Å². The Labute approximate surface area is 233 Å². The Kier molecular flexibility index (Phi) is 7.65. The van der Waals surface area contributed by atoms with Gasteiger partial charge >= 0.3 is 6.09 Å². The Balaban J connectivity index is 1.63. The van der Waals surface area contributed by atoms with E-state index in [2.05, 4.69) is 11.8 Å². The van der Waals surface area contributed by atoms with Crippen LogP contribution < -0.4 is 4.90 Å². The monoisotopic (exact) mass is 550 g/mol. The standard InChI is InChI=1S/C28H38N8O4/c1-8-21-29-18-11-9-10-12-19(18)36(21)26-31-24-22(25(32-26)35-13-15-39-16-14-35)30-23(34(24)6)20(38-7)17-33(5)27(37)40-28(2,3)4/h9-12,20H,8,13-17H2,1-7H3. The fraction of sp³-hybridized carbons (Fsp3) is 0.536. The predicted octanol–water partition coefficient (Wildman–Crippen LogP) is 3.66. The Bertz CT molecular complexity index is 1520. The van der Waals surface area contributed by atoms with Gasteiger partial charge in [0.15, 0.2) is 17.0 Å². The lowest BCUT2D eigenvalue weighted by Crippen LogP contribution is -2.37. The molecular weight excluding hydrogens is 512 g/mol. The molecule has 0 bridgehead atoms. The summed E-state index contributed by atoms with van der Waals surface area (Å²) in [6.07, 6.45) is -0.219. The van der Waals surface area contributed by atoms with Gasteiger partial charge in [-0.15, -0.1) is 0 Å². The molecule has 0 aliphatic carbocycles. The van der Waals surface area contributed by atoms with Crippen molar-refractivity contribution in [3.8, 4) is 5.95 Å². The molecule has 40 heavy (non-hydrogen) atoms. The number of hydrogen-bond acceptors (Lipinski definition) is 9. The lowest BCUT2D eigenvalue weighted by atomic mass is 10.2. The molecule has 12 heteroatoms. The highest BCUT2D eigenvalue weighted by Gasteiger charge is 2.29. The number of imidazole rings is 2. The minimum absolute atomic E-state index is 0.252. The Morgan fingerprint density at radius 1 is 1.12 bits per heavy atom. The molecule has 1 atom stereocenters. The van der Waals surface area contributed by atoms with Crippen molar-refractivity contribution in [3.05, 3.63) is 35.9 Å². The van der Waals surface area contributed by atoms with Crippen LogP contribution >= 0.6 is 0 Å². The average molecular weight is 551 g/mol. The number of hydrogen-bond donors (Lipinski definition) is 0. The van der Waals surface area contributed by atoms with Crippen molar-refractivity contribution < 1.29 is 19.0 Å². The summed E-state index contributed by atoms with van der Waals surface area (Å²) in [5, 5.41) is 0. The minimum Gasteiger partial charge on any atom is -0.444 e. The number of likely N-dealkylation sites (N-methyl/N-ethyl adjacent to an activating group) is 1. The van der Waals surface area contributed by atoms with Gasteiger partial charge in [-0.2, -0.15) is 9.97 Å². The number of carbonyl (C=O) groups is 1. The molecule has 1 saturated heterocycles. The number of carbonyl (C=O) groups excluding carboxylic acids is 1. The summed E-state index contributed by atoms with van der Waals surface area (Å²) in [5.74, 6) is 2.79. The molecule has 1 amide bonds. The highest BCUT2D eigenvalue weighted by atomic mass is 16.6. The quantitative estimate of drug-likeness (QED) is 0.340. The van der Waals surface area contributed by atoms with Gasteiger partial charge in [-0.25, -0.2) is 14.8 Å². The van der Waals surface area contributed by atoms with E-state index in [1.54, 1.807) is 14.2 Å². The van der Waals surface area contributed by atoms with Crippen molar-refractivity contribution in [2.75, 3.05) is 51.9 Å². The van der Waals surface area contributed by atoms with Crippen molar-refractivity contribution in [1.82, 2.24) is 34.0 Å². The summed E-state index contributed by atoms with van der Waals surface area (Å²) in [4.78, 5) is 36.3. The van der Waals surface area contributed by atoms with Gasteiger partial charge in [-0.3, -0.25) is 4.57 Å². The molecule has 1 fully saturated rings. The third kappa shape index (κ3) is 5.33. The number of rotatable bonds is 7. The van der Waals surface area contributed by atoms with E-state index in [0.717, 1.165) is 29.1 Å². The van der Waals surface area contributed by atoms with Crippen molar-refractivity contribution in [2.24, 2.45) is 7.05 Å². The molecule has 0 saturated carbocycles. The maximum atomic E-state index is 12.7. The maximum absolute atomic E-state index is 12.7. The van der Waals surface area contributed by atoms with Gasteiger partial charge in [0.1, 0.15) is 23.4 Å². The van der Waals surface area contributed by atoms with Gasteiger partial charge in [-0.1, -0.05) is 19.1 Å². The highest BCUT2D eigenvalue weighted by molar-refractivity contribution is 5.86. The molecule has 0 N–H and O–H groups in total. The smallest absolute Gasteiger partial charge is 0.410 e. The van der Waals surface area contributed by atoms with Crippen LogP contribution in [0, 0.1) is 0 Å². The van der Waals surface area contributed by atoms with Gasteiger partial charge in [0.2, 0.25) is 5.95 Å². The Hall–Kier alpha value is -3.77. The number of amides is 1. The third-order valence-corrected chi connectivity index (χ3v) is 6.90. The van der Waals surface area contributed by atoms with Crippen LogP contribution in [0.1, 0.15) is 45.4 Å². The second-order valence-corrected chi connectivity index (χ2v) is 10.9. The van der Waals surface area contributed by atoms with Crippen LogP contribution in [-0.4, -0.2) is 92.7 Å². The van der Waals surface area contributed by atoms with Crippen molar-refractivity contribution >= 4 is 34.1 Å². The molecule has 4 aromatic rings.